The maximum absolute atomic E-state index is 10.8. The monoisotopic (exact) mass is 403 g/mol. The third-order valence-electron chi connectivity index (χ3n) is 5.45. The van der Waals surface area contributed by atoms with E-state index < -0.39 is 21.9 Å². The lowest BCUT2D eigenvalue weighted by molar-refractivity contribution is -0.161. The molecule has 0 aromatic heterocycles. The summed E-state index contributed by atoms with van der Waals surface area (Å²) >= 11 is 0. The van der Waals surface area contributed by atoms with Crippen LogP contribution in [0, 0.1) is 17.8 Å². The second-order valence-electron chi connectivity index (χ2n) is 7.12. The summed E-state index contributed by atoms with van der Waals surface area (Å²) in [5, 5.41) is 0.176. The number of carbonyl (C=O) groups excluding carboxylic acids is 3. The minimum atomic E-state index is -3.83. The number of carbonyl (C=O) groups is 3. The number of hydroxylamine groups is 2. The first-order valence-corrected chi connectivity index (χ1v) is 10.4. The Kier molecular flexibility index (Phi) is 6.43. The number of amides is 2. The van der Waals surface area contributed by atoms with Crippen LogP contribution in [0.2, 0.25) is 0 Å². The summed E-state index contributed by atoms with van der Waals surface area (Å²) < 4.78 is 35.9. The van der Waals surface area contributed by atoms with Gasteiger partial charge in [0.05, 0.1) is 18.5 Å². The molecule has 2 fully saturated rings. The molecule has 0 saturated heterocycles. The zero-order chi connectivity index (χ0) is 20.4. The van der Waals surface area contributed by atoms with Crippen molar-refractivity contribution in [1.82, 2.24) is 5.06 Å². The maximum Gasteiger partial charge on any atom is 0.302 e. The predicted molar refractivity (Wildman–Crippen MR) is 93.3 cm³/mol. The van der Waals surface area contributed by atoms with Crippen molar-refractivity contribution in [2.45, 2.75) is 38.7 Å². The second kappa shape index (κ2) is 8.07. The van der Waals surface area contributed by atoms with E-state index in [-0.39, 0.29) is 16.6 Å². The summed E-state index contributed by atoms with van der Waals surface area (Å²) in [4.78, 5) is 32.2. The van der Waals surface area contributed by atoms with Crippen molar-refractivity contribution in [1.29, 1.82) is 0 Å². The Balaban J connectivity index is 0.000000199. The van der Waals surface area contributed by atoms with Crippen LogP contribution in [0.5, 0.6) is 0 Å². The van der Waals surface area contributed by atoms with Gasteiger partial charge >= 0.3 is 5.97 Å². The van der Waals surface area contributed by atoms with Crippen LogP contribution in [0.15, 0.2) is 12.2 Å². The van der Waals surface area contributed by atoms with Gasteiger partial charge in [-0.2, -0.15) is 8.42 Å². The number of esters is 1. The molecule has 2 saturated carbocycles. The summed E-state index contributed by atoms with van der Waals surface area (Å²) in [7, 11) is -2.04. The van der Waals surface area contributed by atoms with Gasteiger partial charge in [-0.3, -0.25) is 14.4 Å². The number of hydrogen-bond acceptors (Lipinski definition) is 8. The first-order chi connectivity index (χ1) is 12.5. The summed E-state index contributed by atoms with van der Waals surface area (Å²) in [6, 6.07) is 0. The van der Waals surface area contributed by atoms with E-state index in [9.17, 15) is 22.8 Å². The van der Waals surface area contributed by atoms with E-state index in [0.29, 0.717) is 18.4 Å². The molecule has 4 atom stereocenters. The van der Waals surface area contributed by atoms with Gasteiger partial charge in [0.1, 0.15) is 0 Å². The van der Waals surface area contributed by atoms with Crippen LogP contribution in [0.1, 0.15) is 33.1 Å². The highest BCUT2D eigenvalue weighted by molar-refractivity contribution is 7.85. The molecule has 1 aliphatic heterocycles. The summed E-state index contributed by atoms with van der Waals surface area (Å²) in [6.45, 7) is 4.26. The summed E-state index contributed by atoms with van der Waals surface area (Å²) in [6.07, 6.45) is 6.14. The Morgan fingerprint density at radius 1 is 1.30 bits per heavy atom. The summed E-state index contributed by atoms with van der Waals surface area (Å²) in [5.41, 5.74) is -0.000463. The lowest BCUT2D eigenvalue weighted by atomic mass is 9.78. The van der Waals surface area contributed by atoms with Gasteiger partial charge in [-0.05, 0) is 31.1 Å². The number of fused-ring (bicyclic) bond motifs is 2. The van der Waals surface area contributed by atoms with Crippen LogP contribution in [0.25, 0.3) is 0 Å². The topological polar surface area (TPSA) is 116 Å². The molecular formula is C17H25NO8S. The smallest absolute Gasteiger partial charge is 0.302 e. The molecule has 2 aliphatic carbocycles. The van der Waals surface area contributed by atoms with E-state index in [0.717, 1.165) is 37.2 Å². The Hall–Kier alpha value is -1.78. The predicted octanol–water partition coefficient (Wildman–Crippen LogP) is 0.803. The Bertz CT molecular complexity index is 728. The molecule has 2 amide bonds. The molecule has 4 unspecified atom stereocenters. The van der Waals surface area contributed by atoms with Gasteiger partial charge in [-0.15, -0.1) is 9.35 Å². The number of imide groups is 1. The van der Waals surface area contributed by atoms with Crippen LogP contribution in [-0.2, 0) is 38.3 Å². The van der Waals surface area contributed by atoms with Crippen molar-refractivity contribution >= 4 is 27.9 Å². The van der Waals surface area contributed by atoms with Crippen molar-refractivity contribution in [2.75, 3.05) is 20.0 Å². The first kappa shape index (κ1) is 21.5. The quantitative estimate of drug-likeness (QED) is 0.489. The van der Waals surface area contributed by atoms with Gasteiger partial charge in [0, 0.05) is 32.1 Å². The van der Waals surface area contributed by atoms with Crippen molar-refractivity contribution in [3.8, 4) is 0 Å². The highest BCUT2D eigenvalue weighted by Gasteiger charge is 2.56. The highest BCUT2D eigenvalue weighted by Crippen LogP contribution is 2.56. The number of methoxy groups -OCH3 is 1. The number of nitrogens with zero attached hydrogens (tertiary/aromatic N) is 1. The Morgan fingerprint density at radius 2 is 1.89 bits per heavy atom. The maximum atomic E-state index is 10.8. The minimum absolute atomic E-state index is 0.000463. The lowest BCUT2D eigenvalue weighted by Gasteiger charge is -2.36. The van der Waals surface area contributed by atoms with Gasteiger partial charge < -0.3 is 9.47 Å². The molecule has 3 aliphatic rings. The SMILES string of the molecule is COC12CCC(C1)C(C)C2COC(C)=O.CS(=O)(=O)ON1C(=O)C=CC1=O. The molecule has 3 rings (SSSR count). The zero-order valence-electron chi connectivity index (χ0n) is 15.8. The van der Waals surface area contributed by atoms with E-state index in [1.165, 1.54) is 13.3 Å². The molecule has 0 N–H and O–H groups in total. The third kappa shape index (κ3) is 4.94. The van der Waals surface area contributed by atoms with E-state index >= 15 is 0 Å². The highest BCUT2D eigenvalue weighted by atomic mass is 32.2. The largest absolute Gasteiger partial charge is 0.465 e. The van der Waals surface area contributed by atoms with Gasteiger partial charge in [0.2, 0.25) is 0 Å². The molecule has 1 heterocycles. The van der Waals surface area contributed by atoms with Gasteiger partial charge in [-0.25, -0.2) is 0 Å². The molecule has 0 aromatic rings. The van der Waals surface area contributed by atoms with Crippen LogP contribution < -0.4 is 0 Å². The minimum Gasteiger partial charge on any atom is -0.465 e. The molecule has 2 bridgehead atoms. The molecule has 27 heavy (non-hydrogen) atoms. The number of ether oxygens (including phenoxy) is 2. The standard InChI is InChI=1S/C12H20O3.C5H5NO5S/c1-8-10-4-5-12(6-10,14-3)11(8)7-15-9(2)13;1-12(9,10)11-6-4(7)2-3-5(6)8/h8,10-11H,4-7H2,1-3H3;2-3H,1H3. The Labute approximate surface area is 158 Å². The van der Waals surface area contributed by atoms with Gasteiger partial charge in [0.15, 0.2) is 0 Å². The second-order valence-corrected chi connectivity index (χ2v) is 8.68. The molecule has 0 aromatic carbocycles. The third-order valence-corrected chi connectivity index (χ3v) is 5.87. The van der Waals surface area contributed by atoms with E-state index in [4.69, 9.17) is 9.47 Å². The molecule has 10 heteroatoms. The summed E-state index contributed by atoms with van der Waals surface area (Å²) in [5.74, 6) is 0.000727. The zero-order valence-corrected chi connectivity index (χ0v) is 16.7. The van der Waals surface area contributed by atoms with Crippen LogP contribution in [0.3, 0.4) is 0 Å². The molecule has 152 valence electrons. The van der Waals surface area contributed by atoms with Crippen LogP contribution in [0.4, 0.5) is 0 Å². The van der Waals surface area contributed by atoms with Gasteiger partial charge in [-0.1, -0.05) is 6.92 Å². The lowest BCUT2D eigenvalue weighted by Crippen LogP contribution is -2.40. The van der Waals surface area contributed by atoms with Crippen molar-refractivity contribution in [3.63, 3.8) is 0 Å². The first-order valence-electron chi connectivity index (χ1n) is 8.63. The average molecular weight is 403 g/mol. The van der Waals surface area contributed by atoms with Crippen molar-refractivity contribution < 1.29 is 36.6 Å². The fourth-order valence-electron chi connectivity index (χ4n) is 4.11. The van der Waals surface area contributed by atoms with Crippen molar-refractivity contribution in [2.24, 2.45) is 17.8 Å². The molecular weight excluding hydrogens is 378 g/mol. The normalized spacial score (nSPS) is 31.9. The fourth-order valence-corrected chi connectivity index (χ4v) is 4.53. The number of rotatable bonds is 5. The van der Waals surface area contributed by atoms with E-state index in [2.05, 4.69) is 11.2 Å². The van der Waals surface area contributed by atoms with Gasteiger partial charge in [0.25, 0.3) is 21.9 Å². The van der Waals surface area contributed by atoms with Crippen LogP contribution >= 0.6 is 0 Å². The fraction of sp³-hybridized carbons (Fsp3) is 0.706. The molecule has 9 nitrogen and oxygen atoms in total. The molecule has 0 spiro atoms. The number of hydrogen-bond donors (Lipinski definition) is 0. The molecule has 0 radical (unpaired) electrons. The van der Waals surface area contributed by atoms with E-state index in [1.807, 2.05) is 0 Å². The van der Waals surface area contributed by atoms with Crippen molar-refractivity contribution in [3.05, 3.63) is 12.2 Å². The average Bonchev–Trinajstić information content (AvgIpc) is 3.21. The van der Waals surface area contributed by atoms with E-state index in [1.54, 1.807) is 7.11 Å². The van der Waals surface area contributed by atoms with Crippen LogP contribution in [-0.4, -0.2) is 56.8 Å². The Morgan fingerprint density at radius 3 is 2.37 bits per heavy atom.